The predicted molar refractivity (Wildman–Crippen MR) is 79.9 cm³/mol. The number of Topliss-reactive ketones (excluding diaryl/α,β-unsaturated/α-hetero) is 1. The van der Waals surface area contributed by atoms with Gasteiger partial charge < -0.3 is 4.74 Å². The fraction of sp³-hybridized carbons (Fsp3) is 0.267. The van der Waals surface area contributed by atoms with Crippen LogP contribution in [0.3, 0.4) is 0 Å². The third-order valence-electron chi connectivity index (χ3n) is 3.30. The van der Waals surface area contributed by atoms with Crippen LogP contribution in [0.2, 0.25) is 0 Å². The van der Waals surface area contributed by atoms with E-state index in [0.29, 0.717) is 13.0 Å². The van der Waals surface area contributed by atoms with E-state index in [1.54, 1.807) is 11.3 Å². The van der Waals surface area contributed by atoms with Gasteiger partial charge in [0.15, 0.2) is 0 Å². The van der Waals surface area contributed by atoms with Gasteiger partial charge in [0.25, 0.3) is 0 Å². The topological polar surface area (TPSA) is 26.3 Å². The molecular weight excluding hydrogens is 324 g/mol. The van der Waals surface area contributed by atoms with E-state index < -0.39 is 0 Å². The molecule has 0 saturated heterocycles. The lowest BCUT2D eigenvalue weighted by molar-refractivity contribution is -0.123. The number of benzene rings is 1. The Balaban J connectivity index is 1.69. The van der Waals surface area contributed by atoms with Crippen molar-refractivity contribution in [3.05, 3.63) is 50.6 Å². The minimum absolute atomic E-state index is 0.0178. The molecule has 0 aliphatic carbocycles. The number of rotatable bonds is 3. The first-order chi connectivity index (χ1) is 9.22. The summed E-state index contributed by atoms with van der Waals surface area (Å²) < 4.78 is 6.72. The van der Waals surface area contributed by atoms with Gasteiger partial charge in [0.2, 0.25) is 0 Å². The van der Waals surface area contributed by atoms with Crippen LogP contribution in [0.5, 0.6) is 5.75 Å². The summed E-state index contributed by atoms with van der Waals surface area (Å²) in [5, 5.41) is 2.01. The second-order valence-corrected chi connectivity index (χ2v) is 6.61. The standard InChI is InChI=1S/C15H13BrO2S/c16-12-6-13(19-9-12)7-14(17)11-5-10-3-1-2-4-15(10)18-8-11/h1-4,6,9,11H,5,7-8H2. The Morgan fingerprint density at radius 1 is 1.42 bits per heavy atom. The monoisotopic (exact) mass is 336 g/mol. The van der Waals surface area contributed by atoms with Crippen LogP contribution >= 0.6 is 27.3 Å². The molecule has 2 nitrogen and oxygen atoms in total. The number of thiophene rings is 1. The Labute approximate surface area is 124 Å². The molecule has 98 valence electrons. The zero-order valence-electron chi connectivity index (χ0n) is 10.3. The summed E-state index contributed by atoms with van der Waals surface area (Å²) in [6.07, 6.45) is 1.30. The molecule has 1 aliphatic heterocycles. The van der Waals surface area contributed by atoms with E-state index in [-0.39, 0.29) is 11.7 Å². The smallest absolute Gasteiger partial charge is 0.144 e. The summed E-state index contributed by atoms with van der Waals surface area (Å²) in [4.78, 5) is 13.4. The summed E-state index contributed by atoms with van der Waals surface area (Å²) in [6, 6.07) is 9.97. The van der Waals surface area contributed by atoms with Crippen molar-refractivity contribution < 1.29 is 9.53 Å². The number of ether oxygens (including phenoxy) is 1. The zero-order chi connectivity index (χ0) is 13.2. The number of hydrogen-bond acceptors (Lipinski definition) is 3. The second kappa shape index (κ2) is 5.47. The molecule has 0 spiro atoms. The number of ketones is 1. The Bertz CT molecular complexity index is 606. The van der Waals surface area contributed by atoms with Crippen LogP contribution in [-0.4, -0.2) is 12.4 Å². The van der Waals surface area contributed by atoms with Gasteiger partial charge in [0.1, 0.15) is 11.5 Å². The molecule has 3 rings (SSSR count). The van der Waals surface area contributed by atoms with E-state index in [0.717, 1.165) is 27.1 Å². The van der Waals surface area contributed by atoms with Gasteiger partial charge in [-0.2, -0.15) is 0 Å². The Morgan fingerprint density at radius 3 is 3.05 bits per heavy atom. The highest BCUT2D eigenvalue weighted by Crippen LogP contribution is 2.28. The highest BCUT2D eigenvalue weighted by molar-refractivity contribution is 9.10. The number of halogens is 1. The maximum atomic E-state index is 12.3. The molecular formula is C15H13BrO2S. The van der Waals surface area contributed by atoms with Crippen molar-refractivity contribution in [2.45, 2.75) is 12.8 Å². The van der Waals surface area contributed by atoms with E-state index in [4.69, 9.17) is 4.74 Å². The summed E-state index contributed by atoms with van der Waals surface area (Å²) >= 11 is 5.03. The van der Waals surface area contributed by atoms with Gasteiger partial charge >= 0.3 is 0 Å². The maximum absolute atomic E-state index is 12.3. The highest BCUT2D eigenvalue weighted by Gasteiger charge is 2.25. The number of carbonyl (C=O) groups is 1. The van der Waals surface area contributed by atoms with Crippen molar-refractivity contribution in [2.75, 3.05) is 6.61 Å². The summed E-state index contributed by atoms with van der Waals surface area (Å²) in [5.74, 6) is 1.17. The van der Waals surface area contributed by atoms with Crippen LogP contribution in [0.1, 0.15) is 10.4 Å². The molecule has 0 radical (unpaired) electrons. The van der Waals surface area contributed by atoms with E-state index in [2.05, 4.69) is 15.9 Å². The molecule has 0 bridgehead atoms. The van der Waals surface area contributed by atoms with Crippen molar-refractivity contribution in [2.24, 2.45) is 5.92 Å². The zero-order valence-corrected chi connectivity index (χ0v) is 12.7. The van der Waals surface area contributed by atoms with Gasteiger partial charge in [-0.05, 0) is 40.0 Å². The van der Waals surface area contributed by atoms with Crippen molar-refractivity contribution in [3.8, 4) is 5.75 Å². The van der Waals surface area contributed by atoms with Crippen LogP contribution in [0.4, 0.5) is 0 Å². The van der Waals surface area contributed by atoms with Gasteiger partial charge in [-0.1, -0.05) is 18.2 Å². The highest BCUT2D eigenvalue weighted by atomic mass is 79.9. The van der Waals surface area contributed by atoms with E-state index in [1.807, 2.05) is 35.7 Å². The maximum Gasteiger partial charge on any atom is 0.144 e. The number of carbonyl (C=O) groups excluding carboxylic acids is 1. The minimum atomic E-state index is -0.0178. The molecule has 0 N–H and O–H groups in total. The summed E-state index contributed by atoms with van der Waals surface area (Å²) in [5.41, 5.74) is 1.14. The summed E-state index contributed by atoms with van der Waals surface area (Å²) in [6.45, 7) is 0.502. The molecule has 2 heterocycles. The normalized spacial score (nSPS) is 17.6. The van der Waals surface area contributed by atoms with Gasteiger partial charge in [0, 0.05) is 21.2 Å². The van der Waals surface area contributed by atoms with Crippen molar-refractivity contribution in [3.63, 3.8) is 0 Å². The fourth-order valence-corrected chi connectivity index (χ4v) is 3.76. The molecule has 1 atom stereocenters. The average Bonchev–Trinajstić information content (AvgIpc) is 2.83. The van der Waals surface area contributed by atoms with Crippen molar-refractivity contribution in [1.82, 2.24) is 0 Å². The van der Waals surface area contributed by atoms with Gasteiger partial charge in [-0.3, -0.25) is 4.79 Å². The lowest BCUT2D eigenvalue weighted by Gasteiger charge is -2.24. The fourth-order valence-electron chi connectivity index (χ4n) is 2.30. The lowest BCUT2D eigenvalue weighted by atomic mass is 9.91. The first-order valence-electron chi connectivity index (χ1n) is 6.18. The van der Waals surface area contributed by atoms with Gasteiger partial charge in [-0.25, -0.2) is 0 Å². The molecule has 0 saturated carbocycles. The quantitative estimate of drug-likeness (QED) is 0.850. The average molecular weight is 337 g/mol. The first-order valence-corrected chi connectivity index (χ1v) is 7.86. The largest absolute Gasteiger partial charge is 0.493 e. The molecule has 1 aromatic carbocycles. The van der Waals surface area contributed by atoms with Crippen LogP contribution in [0.15, 0.2) is 40.2 Å². The molecule has 19 heavy (non-hydrogen) atoms. The molecule has 0 fully saturated rings. The predicted octanol–water partition coefficient (Wildman–Crippen LogP) is 3.87. The third kappa shape index (κ3) is 2.90. The minimum Gasteiger partial charge on any atom is -0.493 e. The van der Waals surface area contributed by atoms with E-state index in [1.165, 1.54) is 0 Å². The Kier molecular flexibility index (Phi) is 3.71. The summed E-state index contributed by atoms with van der Waals surface area (Å²) in [7, 11) is 0. The van der Waals surface area contributed by atoms with Gasteiger partial charge in [0.05, 0.1) is 12.5 Å². The van der Waals surface area contributed by atoms with Crippen LogP contribution in [-0.2, 0) is 17.6 Å². The number of para-hydroxylation sites is 1. The molecule has 1 unspecified atom stereocenters. The molecule has 4 heteroatoms. The van der Waals surface area contributed by atoms with Gasteiger partial charge in [-0.15, -0.1) is 11.3 Å². The first kappa shape index (κ1) is 12.9. The second-order valence-electron chi connectivity index (χ2n) is 4.69. The van der Waals surface area contributed by atoms with Crippen LogP contribution in [0, 0.1) is 5.92 Å². The number of hydrogen-bond donors (Lipinski definition) is 0. The molecule has 0 amide bonds. The number of fused-ring (bicyclic) bond motifs is 1. The van der Waals surface area contributed by atoms with Crippen LogP contribution in [0.25, 0.3) is 0 Å². The van der Waals surface area contributed by atoms with Crippen molar-refractivity contribution >= 4 is 33.0 Å². The Hall–Kier alpha value is -1.13. The third-order valence-corrected chi connectivity index (χ3v) is 5.00. The Morgan fingerprint density at radius 2 is 2.26 bits per heavy atom. The SMILES string of the molecule is O=C(Cc1cc(Br)cs1)C1COc2ccccc2C1. The molecule has 1 aliphatic rings. The molecule has 2 aromatic rings. The van der Waals surface area contributed by atoms with Crippen LogP contribution < -0.4 is 4.74 Å². The molecule has 1 aromatic heterocycles. The van der Waals surface area contributed by atoms with E-state index in [9.17, 15) is 4.79 Å². The van der Waals surface area contributed by atoms with Crippen molar-refractivity contribution in [1.29, 1.82) is 0 Å². The lowest BCUT2D eigenvalue weighted by Crippen LogP contribution is -2.29. The van der Waals surface area contributed by atoms with E-state index >= 15 is 0 Å².